The summed E-state index contributed by atoms with van der Waals surface area (Å²) in [6.45, 7) is 3.34. The van der Waals surface area contributed by atoms with Gasteiger partial charge in [-0.3, -0.25) is 0 Å². The molecule has 6 heteroatoms. The zero-order chi connectivity index (χ0) is 16.9. The first-order valence-corrected chi connectivity index (χ1v) is 8.11. The van der Waals surface area contributed by atoms with E-state index in [2.05, 4.69) is 0 Å². The van der Waals surface area contributed by atoms with Gasteiger partial charge in [0.25, 0.3) is 0 Å². The maximum absolute atomic E-state index is 12.9. The van der Waals surface area contributed by atoms with E-state index in [4.69, 9.17) is 0 Å². The van der Waals surface area contributed by atoms with E-state index in [0.29, 0.717) is 28.0 Å². The molecule has 2 aromatic carbocycles. The number of carboxylic acids is 2. The van der Waals surface area contributed by atoms with E-state index in [9.17, 15) is 24.0 Å². The fraction of sp³-hybridized carbons (Fsp3) is 0.176. The Morgan fingerprint density at radius 1 is 1.00 bits per heavy atom. The summed E-state index contributed by atoms with van der Waals surface area (Å²) in [4.78, 5) is 24.0. The van der Waals surface area contributed by atoms with Crippen molar-refractivity contribution < 1.29 is 24.0 Å². The Morgan fingerprint density at radius 2 is 1.61 bits per heavy atom. The maximum atomic E-state index is 12.9. The Morgan fingerprint density at radius 3 is 2.22 bits per heavy atom. The molecule has 0 fully saturated rings. The van der Waals surface area contributed by atoms with Crippen molar-refractivity contribution in [3.63, 3.8) is 0 Å². The van der Waals surface area contributed by atoms with Crippen LogP contribution < -0.4 is 0 Å². The molecule has 0 aliphatic carbocycles. The molecule has 0 aromatic heterocycles. The number of hydrogen-bond donors (Lipinski definition) is 2. The lowest BCUT2D eigenvalue weighted by Gasteiger charge is -2.25. The van der Waals surface area contributed by atoms with Gasteiger partial charge in [0, 0.05) is 11.3 Å². The predicted molar refractivity (Wildman–Crippen MR) is 83.8 cm³/mol. The first kappa shape index (κ1) is 15.4. The molecule has 0 amide bonds. The number of carboxylic acid groups (broad SMARTS) is 2. The van der Waals surface area contributed by atoms with Gasteiger partial charge in [0.15, 0.2) is 0 Å². The van der Waals surface area contributed by atoms with Crippen molar-refractivity contribution >= 4 is 22.7 Å². The second kappa shape index (κ2) is 5.31. The molecular formula is C17H14O5S. The Balaban J connectivity index is 2.45. The fourth-order valence-electron chi connectivity index (χ4n) is 3.06. The van der Waals surface area contributed by atoms with Gasteiger partial charge in [0.05, 0.1) is 26.8 Å². The lowest BCUT2D eigenvalue weighted by Crippen LogP contribution is -2.21. The molecule has 0 radical (unpaired) electrons. The predicted octanol–water partition coefficient (Wildman–Crippen LogP) is 2.77. The van der Waals surface area contributed by atoms with Crippen LogP contribution in [0.15, 0.2) is 34.1 Å². The summed E-state index contributed by atoms with van der Waals surface area (Å²) < 4.78 is 12.9. The Labute approximate surface area is 135 Å². The van der Waals surface area contributed by atoms with Crippen molar-refractivity contribution in [3.05, 3.63) is 57.6 Å². The molecule has 5 nitrogen and oxygen atoms in total. The van der Waals surface area contributed by atoms with Gasteiger partial charge in [0.2, 0.25) is 0 Å². The van der Waals surface area contributed by atoms with Crippen molar-refractivity contribution in [3.8, 4) is 0 Å². The van der Waals surface area contributed by atoms with Crippen LogP contribution in [-0.2, 0) is 17.2 Å². The van der Waals surface area contributed by atoms with Crippen LogP contribution in [0.3, 0.4) is 0 Å². The van der Waals surface area contributed by atoms with E-state index in [-0.39, 0.29) is 16.0 Å². The molecule has 1 aliphatic rings. The molecule has 1 heterocycles. The zero-order valence-electron chi connectivity index (χ0n) is 12.5. The Bertz CT molecular complexity index is 898. The number of fused-ring (bicyclic) bond motifs is 2. The zero-order valence-corrected chi connectivity index (χ0v) is 13.4. The van der Waals surface area contributed by atoms with Crippen LogP contribution in [0.25, 0.3) is 0 Å². The number of hydrogen-bond acceptors (Lipinski definition) is 3. The minimum Gasteiger partial charge on any atom is -0.478 e. The van der Waals surface area contributed by atoms with Gasteiger partial charge >= 0.3 is 11.9 Å². The van der Waals surface area contributed by atoms with Crippen LogP contribution in [-0.4, -0.2) is 26.4 Å². The van der Waals surface area contributed by atoms with E-state index in [1.165, 1.54) is 0 Å². The molecule has 1 unspecified atom stereocenters. The summed E-state index contributed by atoms with van der Waals surface area (Å²) >= 11 is 0. The highest BCUT2D eigenvalue weighted by atomic mass is 32.2. The summed E-state index contributed by atoms with van der Waals surface area (Å²) in [6, 6.07) is 7.13. The molecule has 1 aliphatic heterocycles. The second-order valence-corrected chi connectivity index (χ2v) is 6.86. The summed E-state index contributed by atoms with van der Waals surface area (Å²) in [5, 5.41) is 19.0. The van der Waals surface area contributed by atoms with Crippen molar-refractivity contribution in [2.24, 2.45) is 0 Å². The van der Waals surface area contributed by atoms with E-state index in [0.717, 1.165) is 5.56 Å². The Hall–Kier alpha value is -2.47. The van der Waals surface area contributed by atoms with E-state index < -0.39 is 22.7 Å². The third-order valence-corrected chi connectivity index (χ3v) is 5.91. The summed E-state index contributed by atoms with van der Waals surface area (Å²) in [6.07, 6.45) is 0.449. The van der Waals surface area contributed by atoms with E-state index >= 15 is 0 Å². The van der Waals surface area contributed by atoms with Gasteiger partial charge in [-0.05, 0) is 42.2 Å². The number of carbonyl (C=O) groups is 2. The minimum absolute atomic E-state index is 0.122. The third-order valence-electron chi connectivity index (χ3n) is 4.29. The molecule has 1 atom stereocenters. The van der Waals surface area contributed by atoms with Gasteiger partial charge in [-0.1, -0.05) is 18.2 Å². The van der Waals surface area contributed by atoms with Crippen molar-refractivity contribution in [1.29, 1.82) is 0 Å². The lowest BCUT2D eigenvalue weighted by atomic mass is 9.89. The van der Waals surface area contributed by atoms with Crippen LogP contribution in [0.4, 0.5) is 0 Å². The normalized spacial score (nSPS) is 15.7. The molecule has 0 spiro atoms. The average Bonchev–Trinajstić information content (AvgIpc) is 2.50. The van der Waals surface area contributed by atoms with Crippen molar-refractivity contribution in [2.75, 3.05) is 0 Å². The van der Waals surface area contributed by atoms with Crippen LogP contribution in [0, 0.1) is 13.8 Å². The van der Waals surface area contributed by atoms with Crippen LogP contribution in [0.5, 0.6) is 0 Å². The van der Waals surface area contributed by atoms with Crippen LogP contribution >= 0.6 is 0 Å². The molecule has 0 saturated heterocycles. The van der Waals surface area contributed by atoms with Crippen LogP contribution in [0.2, 0.25) is 0 Å². The second-order valence-electron chi connectivity index (χ2n) is 5.47. The number of benzene rings is 2. The third kappa shape index (κ3) is 2.17. The standard InChI is InChI=1S/C17H14O5S/c1-8-9(2)13(16(18)19)14(17(20)21)15-11(8)7-10-5-3-4-6-12(10)23(15)22/h3-6H,7H2,1-2H3,(H,18,19)(H,20,21). The first-order valence-electron chi connectivity index (χ1n) is 6.96. The molecule has 23 heavy (non-hydrogen) atoms. The SMILES string of the molecule is Cc1c(C)c(C(=O)O)c(C(=O)O)c2c1Cc1ccccc1S2=O. The highest BCUT2D eigenvalue weighted by molar-refractivity contribution is 7.85. The van der Waals surface area contributed by atoms with E-state index in [1.54, 1.807) is 26.0 Å². The topological polar surface area (TPSA) is 91.7 Å². The largest absolute Gasteiger partial charge is 0.478 e. The highest BCUT2D eigenvalue weighted by Crippen LogP contribution is 2.38. The fourth-order valence-corrected chi connectivity index (χ4v) is 4.68. The smallest absolute Gasteiger partial charge is 0.337 e. The summed E-state index contributed by atoms with van der Waals surface area (Å²) in [7, 11) is -1.71. The quantitative estimate of drug-likeness (QED) is 0.754. The monoisotopic (exact) mass is 330 g/mol. The Kier molecular flexibility index (Phi) is 3.56. The summed E-state index contributed by atoms with van der Waals surface area (Å²) in [5.74, 6) is -2.68. The highest BCUT2D eigenvalue weighted by Gasteiger charge is 2.34. The van der Waals surface area contributed by atoms with Gasteiger partial charge in [0.1, 0.15) is 0 Å². The van der Waals surface area contributed by atoms with Gasteiger partial charge in [-0.15, -0.1) is 0 Å². The molecule has 2 N–H and O–H groups in total. The van der Waals surface area contributed by atoms with Gasteiger partial charge < -0.3 is 10.2 Å². The van der Waals surface area contributed by atoms with Gasteiger partial charge in [-0.25, -0.2) is 13.8 Å². The first-order chi connectivity index (χ1) is 10.8. The average molecular weight is 330 g/mol. The number of aromatic carboxylic acids is 2. The van der Waals surface area contributed by atoms with Crippen molar-refractivity contribution in [1.82, 2.24) is 0 Å². The molecule has 3 rings (SSSR count). The number of rotatable bonds is 2. The molecule has 0 saturated carbocycles. The molecule has 0 bridgehead atoms. The van der Waals surface area contributed by atoms with Gasteiger partial charge in [-0.2, -0.15) is 0 Å². The lowest BCUT2D eigenvalue weighted by molar-refractivity contribution is 0.0647. The van der Waals surface area contributed by atoms with E-state index in [1.807, 2.05) is 12.1 Å². The minimum atomic E-state index is -1.71. The van der Waals surface area contributed by atoms with Crippen molar-refractivity contribution in [2.45, 2.75) is 30.1 Å². The molecule has 118 valence electrons. The maximum Gasteiger partial charge on any atom is 0.337 e. The molecule has 2 aromatic rings. The molecular weight excluding hydrogens is 316 g/mol. The van der Waals surface area contributed by atoms with Crippen LogP contribution in [0.1, 0.15) is 43.0 Å². The summed E-state index contributed by atoms with van der Waals surface area (Å²) in [5.41, 5.74) is 1.99.